The van der Waals surface area contributed by atoms with Crippen molar-refractivity contribution < 1.29 is 0 Å². The fourth-order valence-corrected chi connectivity index (χ4v) is 3.43. The third kappa shape index (κ3) is 1.69. The van der Waals surface area contributed by atoms with E-state index in [-0.39, 0.29) is 0 Å². The molecule has 23 heavy (non-hydrogen) atoms. The molecule has 0 unspecified atom stereocenters. The van der Waals surface area contributed by atoms with E-state index < -0.39 is 0 Å². The summed E-state index contributed by atoms with van der Waals surface area (Å²) in [6.07, 6.45) is 4.36. The van der Waals surface area contributed by atoms with Crippen LogP contribution in [-0.4, -0.2) is 10.7 Å². The second-order valence-corrected chi connectivity index (χ2v) is 6.23. The van der Waals surface area contributed by atoms with Gasteiger partial charge in [0.1, 0.15) is 0 Å². The highest BCUT2D eigenvalue weighted by atomic mass is 14.8. The van der Waals surface area contributed by atoms with Gasteiger partial charge in [-0.1, -0.05) is 48.1 Å². The number of benzene rings is 2. The van der Waals surface area contributed by atoms with E-state index in [0.29, 0.717) is 0 Å². The van der Waals surface area contributed by atoms with E-state index in [1.54, 1.807) is 0 Å². The number of pyridine rings is 1. The Morgan fingerprint density at radius 1 is 0.870 bits per heavy atom. The van der Waals surface area contributed by atoms with Crippen molar-refractivity contribution in [2.75, 3.05) is 0 Å². The van der Waals surface area contributed by atoms with Crippen molar-refractivity contribution in [2.45, 2.75) is 13.8 Å². The van der Waals surface area contributed by atoms with Crippen molar-refractivity contribution in [3.63, 3.8) is 0 Å². The van der Waals surface area contributed by atoms with Gasteiger partial charge in [0.05, 0.1) is 22.4 Å². The fourth-order valence-electron chi connectivity index (χ4n) is 3.43. The molecular formula is C21H15N2. The quantitative estimate of drug-likeness (QED) is 0.509. The van der Waals surface area contributed by atoms with Gasteiger partial charge in [-0.15, -0.1) is 0 Å². The van der Waals surface area contributed by atoms with Crippen LogP contribution in [0, 0.1) is 5.92 Å². The Morgan fingerprint density at radius 3 is 2.65 bits per heavy atom. The Bertz CT molecular complexity index is 1080. The second-order valence-electron chi connectivity index (χ2n) is 6.23. The SMILES string of the molecule is C[C]1C(C)=CC=C2C1=Nc1c2ccc2cc3ccccc3nc12. The van der Waals surface area contributed by atoms with Crippen LogP contribution < -0.4 is 0 Å². The zero-order valence-electron chi connectivity index (χ0n) is 13.1. The lowest BCUT2D eigenvalue weighted by molar-refractivity contribution is 1.24. The normalized spacial score (nSPS) is 16.9. The van der Waals surface area contributed by atoms with E-state index in [1.165, 1.54) is 28.0 Å². The molecule has 0 N–H and O–H groups in total. The molecule has 0 fully saturated rings. The van der Waals surface area contributed by atoms with Gasteiger partial charge in [0, 0.05) is 27.8 Å². The van der Waals surface area contributed by atoms with Gasteiger partial charge in [-0.2, -0.15) is 0 Å². The van der Waals surface area contributed by atoms with Crippen molar-refractivity contribution in [1.82, 2.24) is 4.98 Å². The highest BCUT2D eigenvalue weighted by Gasteiger charge is 2.29. The zero-order chi connectivity index (χ0) is 15.6. The van der Waals surface area contributed by atoms with E-state index in [2.05, 4.69) is 62.4 Å². The van der Waals surface area contributed by atoms with Gasteiger partial charge in [-0.3, -0.25) is 0 Å². The summed E-state index contributed by atoms with van der Waals surface area (Å²) >= 11 is 0. The van der Waals surface area contributed by atoms with Crippen LogP contribution >= 0.6 is 0 Å². The number of aliphatic imine (C=N–C) groups is 1. The average Bonchev–Trinajstić information content (AvgIpc) is 2.96. The minimum Gasteiger partial charge on any atom is -0.249 e. The molecule has 109 valence electrons. The monoisotopic (exact) mass is 295 g/mol. The number of rotatable bonds is 0. The van der Waals surface area contributed by atoms with Crippen molar-refractivity contribution in [3.8, 4) is 0 Å². The van der Waals surface area contributed by atoms with Crippen LogP contribution in [0.1, 0.15) is 19.4 Å². The van der Waals surface area contributed by atoms with Crippen LogP contribution in [0.15, 0.2) is 65.2 Å². The summed E-state index contributed by atoms with van der Waals surface area (Å²) in [7, 11) is 0. The molecule has 1 aliphatic carbocycles. The Hall–Kier alpha value is -2.74. The van der Waals surface area contributed by atoms with Gasteiger partial charge in [-0.05, 0) is 26.0 Å². The first-order valence-electron chi connectivity index (χ1n) is 7.87. The molecule has 0 amide bonds. The minimum absolute atomic E-state index is 0.995. The van der Waals surface area contributed by atoms with Crippen molar-refractivity contribution >= 4 is 38.8 Å². The summed E-state index contributed by atoms with van der Waals surface area (Å²) in [5.41, 5.74) is 7.82. The molecular weight excluding hydrogens is 280 g/mol. The molecule has 1 aliphatic heterocycles. The first-order chi connectivity index (χ1) is 11.2. The summed E-state index contributed by atoms with van der Waals surface area (Å²) in [4.78, 5) is 9.84. The van der Waals surface area contributed by atoms with Gasteiger partial charge < -0.3 is 0 Å². The second kappa shape index (κ2) is 4.39. The lowest BCUT2D eigenvalue weighted by atomic mass is 9.85. The molecule has 2 nitrogen and oxygen atoms in total. The van der Waals surface area contributed by atoms with E-state index in [4.69, 9.17) is 9.98 Å². The molecule has 1 radical (unpaired) electrons. The molecule has 0 bridgehead atoms. The van der Waals surface area contributed by atoms with Crippen LogP contribution in [0.25, 0.3) is 27.4 Å². The lowest BCUT2D eigenvalue weighted by Gasteiger charge is -2.17. The number of nitrogens with zero attached hydrogens (tertiary/aromatic N) is 2. The molecule has 2 heteroatoms. The molecule has 0 saturated heterocycles. The van der Waals surface area contributed by atoms with Crippen LogP contribution in [0.5, 0.6) is 0 Å². The summed E-state index contributed by atoms with van der Waals surface area (Å²) in [5.74, 6) is 1.26. The maximum Gasteiger partial charge on any atom is 0.0975 e. The topological polar surface area (TPSA) is 25.2 Å². The first-order valence-corrected chi connectivity index (χ1v) is 7.87. The molecule has 2 aliphatic rings. The zero-order valence-corrected chi connectivity index (χ0v) is 13.1. The molecule has 0 spiro atoms. The van der Waals surface area contributed by atoms with E-state index >= 15 is 0 Å². The Labute approximate surface area is 134 Å². The average molecular weight is 295 g/mol. The van der Waals surface area contributed by atoms with E-state index in [0.717, 1.165) is 27.8 Å². The van der Waals surface area contributed by atoms with E-state index in [9.17, 15) is 0 Å². The Morgan fingerprint density at radius 2 is 1.74 bits per heavy atom. The van der Waals surface area contributed by atoms with Gasteiger partial charge in [0.25, 0.3) is 0 Å². The molecule has 5 rings (SSSR count). The largest absolute Gasteiger partial charge is 0.249 e. The number of aromatic nitrogens is 1. The van der Waals surface area contributed by atoms with Crippen LogP contribution in [0.4, 0.5) is 5.69 Å². The smallest absolute Gasteiger partial charge is 0.0975 e. The van der Waals surface area contributed by atoms with Gasteiger partial charge in [0.15, 0.2) is 0 Å². The van der Waals surface area contributed by atoms with Gasteiger partial charge >= 0.3 is 0 Å². The summed E-state index contributed by atoms with van der Waals surface area (Å²) in [6, 6.07) is 14.8. The van der Waals surface area contributed by atoms with E-state index in [1.807, 2.05) is 6.07 Å². The van der Waals surface area contributed by atoms with Gasteiger partial charge in [0.2, 0.25) is 0 Å². The van der Waals surface area contributed by atoms with Crippen molar-refractivity contribution in [3.05, 3.63) is 71.7 Å². The Balaban J connectivity index is 1.85. The number of hydrogen-bond acceptors (Lipinski definition) is 2. The van der Waals surface area contributed by atoms with Crippen LogP contribution in [0.2, 0.25) is 0 Å². The summed E-state index contributed by atoms with van der Waals surface area (Å²) in [5, 5.41) is 2.32. The maximum absolute atomic E-state index is 4.95. The fraction of sp³-hybridized carbons (Fsp3) is 0.0952. The predicted molar refractivity (Wildman–Crippen MR) is 97.0 cm³/mol. The third-order valence-electron chi connectivity index (χ3n) is 4.88. The molecule has 2 aromatic carbocycles. The first kappa shape index (κ1) is 12.8. The number of allylic oxidation sites excluding steroid dienone is 4. The van der Waals surface area contributed by atoms with Crippen LogP contribution in [0.3, 0.4) is 0 Å². The lowest BCUT2D eigenvalue weighted by Crippen LogP contribution is -2.12. The molecule has 2 heterocycles. The standard InChI is InChI=1S/C21H15N2/c1-12-7-9-16-17-10-8-15-11-14-5-3-4-6-18(14)22-20(15)21(17)23-19(16)13(12)2/h3-11H,1-2H3. The predicted octanol–water partition coefficient (Wildman–Crippen LogP) is 5.41. The van der Waals surface area contributed by atoms with Gasteiger partial charge in [-0.25, -0.2) is 9.98 Å². The highest BCUT2D eigenvalue weighted by Crippen LogP contribution is 2.44. The maximum atomic E-state index is 4.95. The third-order valence-corrected chi connectivity index (χ3v) is 4.88. The number of fused-ring (bicyclic) bond motifs is 6. The molecule has 0 saturated carbocycles. The van der Waals surface area contributed by atoms with Crippen LogP contribution in [-0.2, 0) is 0 Å². The molecule has 0 atom stereocenters. The summed E-state index contributed by atoms with van der Waals surface area (Å²) in [6.45, 7) is 4.28. The highest BCUT2D eigenvalue weighted by molar-refractivity contribution is 6.37. The van der Waals surface area contributed by atoms with Crippen molar-refractivity contribution in [1.29, 1.82) is 0 Å². The number of hydrogen-bond donors (Lipinski definition) is 0. The molecule has 3 aromatic rings. The minimum atomic E-state index is 0.995. The summed E-state index contributed by atoms with van der Waals surface area (Å²) < 4.78 is 0. The number of para-hydroxylation sites is 1. The van der Waals surface area contributed by atoms with Crippen molar-refractivity contribution in [2.24, 2.45) is 4.99 Å². The molecule has 1 aromatic heterocycles. The Kier molecular flexibility index (Phi) is 2.44.